The van der Waals surface area contributed by atoms with Crippen LogP contribution in [0, 0.1) is 0 Å². The number of hydrogen-bond donors (Lipinski definition) is 2. The van der Waals surface area contributed by atoms with E-state index >= 15 is 0 Å². The Hall–Kier alpha value is -1.71. The van der Waals surface area contributed by atoms with Gasteiger partial charge in [-0.2, -0.15) is 0 Å². The number of likely N-dealkylation sites (N-methyl/N-ethyl adjacent to an activating group) is 1. The molecule has 2 atom stereocenters. The monoisotopic (exact) mass is 246 g/mol. The molecular formula is C14H22N4. The van der Waals surface area contributed by atoms with Crippen molar-refractivity contribution in [3.63, 3.8) is 0 Å². The molecule has 2 unspecified atom stereocenters. The highest BCUT2D eigenvalue weighted by molar-refractivity contribution is 5.76. The third-order valence-corrected chi connectivity index (χ3v) is 3.64. The summed E-state index contributed by atoms with van der Waals surface area (Å²) in [6, 6.07) is 9.05. The quantitative estimate of drug-likeness (QED) is 0.625. The Balaban J connectivity index is 2.22. The van der Waals surface area contributed by atoms with Crippen LogP contribution in [0.15, 0.2) is 29.3 Å². The Morgan fingerprint density at radius 1 is 1.44 bits per heavy atom. The van der Waals surface area contributed by atoms with Gasteiger partial charge in [0.1, 0.15) is 0 Å². The van der Waals surface area contributed by atoms with Crippen molar-refractivity contribution in [1.82, 2.24) is 0 Å². The minimum absolute atomic E-state index is 0.178. The van der Waals surface area contributed by atoms with Crippen molar-refractivity contribution in [2.24, 2.45) is 16.5 Å². The lowest BCUT2D eigenvalue weighted by Gasteiger charge is -2.28. The standard InChI is InChI=1S/C14H22N4/c1-3-6-11(17-14(15)16)13-9-10-7-4-5-8-12(10)18(13)2/h4-5,7-8,11,13H,3,6,9H2,1-2H3,(H4,15,16,17). The second-order valence-corrected chi connectivity index (χ2v) is 4.92. The fourth-order valence-electron chi connectivity index (χ4n) is 2.79. The van der Waals surface area contributed by atoms with Gasteiger partial charge in [0.25, 0.3) is 0 Å². The average Bonchev–Trinajstić information content (AvgIpc) is 2.66. The molecule has 0 aromatic heterocycles. The minimum Gasteiger partial charge on any atom is -0.370 e. The van der Waals surface area contributed by atoms with Gasteiger partial charge < -0.3 is 16.4 Å². The summed E-state index contributed by atoms with van der Waals surface area (Å²) in [7, 11) is 2.13. The lowest BCUT2D eigenvalue weighted by Crippen LogP contribution is -2.40. The number of anilines is 1. The summed E-state index contributed by atoms with van der Waals surface area (Å²) < 4.78 is 0. The normalized spacial score (nSPS) is 19.4. The van der Waals surface area contributed by atoms with Crippen LogP contribution in [0.3, 0.4) is 0 Å². The molecule has 1 aromatic carbocycles. The van der Waals surface area contributed by atoms with Gasteiger partial charge in [0, 0.05) is 12.7 Å². The van der Waals surface area contributed by atoms with E-state index in [1.165, 1.54) is 11.3 Å². The van der Waals surface area contributed by atoms with Crippen LogP contribution in [-0.4, -0.2) is 25.1 Å². The van der Waals surface area contributed by atoms with Crippen LogP contribution >= 0.6 is 0 Å². The molecule has 2 rings (SSSR count). The molecule has 4 N–H and O–H groups in total. The zero-order chi connectivity index (χ0) is 13.1. The lowest BCUT2D eigenvalue weighted by molar-refractivity contribution is 0.489. The molecule has 0 fully saturated rings. The summed E-state index contributed by atoms with van der Waals surface area (Å²) >= 11 is 0. The van der Waals surface area contributed by atoms with Gasteiger partial charge >= 0.3 is 0 Å². The van der Waals surface area contributed by atoms with Gasteiger partial charge in [0.05, 0.1) is 12.1 Å². The topological polar surface area (TPSA) is 67.6 Å². The SMILES string of the molecule is CCCC(N=C(N)N)C1Cc2ccccc2N1C. The van der Waals surface area contributed by atoms with Crippen molar-refractivity contribution in [3.8, 4) is 0 Å². The van der Waals surface area contributed by atoms with Gasteiger partial charge in [-0.1, -0.05) is 31.5 Å². The summed E-state index contributed by atoms with van der Waals surface area (Å²) in [4.78, 5) is 6.72. The van der Waals surface area contributed by atoms with E-state index in [-0.39, 0.29) is 12.0 Å². The van der Waals surface area contributed by atoms with Crippen molar-refractivity contribution in [3.05, 3.63) is 29.8 Å². The van der Waals surface area contributed by atoms with Gasteiger partial charge in [0.15, 0.2) is 5.96 Å². The Bertz CT molecular complexity index is 437. The number of hydrogen-bond acceptors (Lipinski definition) is 2. The van der Waals surface area contributed by atoms with Crippen molar-refractivity contribution in [2.75, 3.05) is 11.9 Å². The Kier molecular flexibility index (Phi) is 3.75. The maximum Gasteiger partial charge on any atom is 0.186 e. The fourth-order valence-corrected chi connectivity index (χ4v) is 2.79. The number of para-hydroxylation sites is 1. The van der Waals surface area contributed by atoms with Crippen LogP contribution in [0.2, 0.25) is 0 Å². The van der Waals surface area contributed by atoms with Crippen LogP contribution in [0.1, 0.15) is 25.3 Å². The summed E-state index contributed by atoms with van der Waals surface area (Å²) in [6.45, 7) is 2.16. The summed E-state index contributed by atoms with van der Waals surface area (Å²) in [5, 5.41) is 0. The Labute approximate surface area is 109 Å². The van der Waals surface area contributed by atoms with Crippen molar-refractivity contribution in [2.45, 2.75) is 38.3 Å². The van der Waals surface area contributed by atoms with Crippen molar-refractivity contribution in [1.29, 1.82) is 0 Å². The number of aliphatic imine (C=N–C) groups is 1. The summed E-state index contributed by atoms with van der Waals surface area (Å²) in [5.41, 5.74) is 13.8. The van der Waals surface area contributed by atoms with Crippen LogP contribution < -0.4 is 16.4 Å². The number of guanidine groups is 1. The first kappa shape index (κ1) is 12.7. The number of benzene rings is 1. The molecule has 0 bridgehead atoms. The van der Waals surface area contributed by atoms with Crippen molar-refractivity contribution >= 4 is 11.6 Å². The Morgan fingerprint density at radius 2 is 2.17 bits per heavy atom. The predicted molar refractivity (Wildman–Crippen MR) is 76.8 cm³/mol. The molecule has 1 aliphatic rings. The van der Waals surface area contributed by atoms with Gasteiger partial charge in [-0.05, 0) is 24.5 Å². The van der Waals surface area contributed by atoms with Crippen LogP contribution in [-0.2, 0) is 6.42 Å². The highest BCUT2D eigenvalue weighted by Crippen LogP contribution is 2.33. The molecule has 0 saturated heterocycles. The largest absolute Gasteiger partial charge is 0.370 e. The summed E-state index contributed by atoms with van der Waals surface area (Å²) in [6.07, 6.45) is 3.12. The minimum atomic E-state index is 0.178. The maximum atomic E-state index is 5.55. The molecule has 0 spiro atoms. The third-order valence-electron chi connectivity index (χ3n) is 3.64. The molecule has 0 radical (unpaired) electrons. The van der Waals surface area contributed by atoms with E-state index in [1.54, 1.807) is 0 Å². The van der Waals surface area contributed by atoms with E-state index in [0.717, 1.165) is 19.3 Å². The highest BCUT2D eigenvalue weighted by Gasteiger charge is 2.32. The summed E-state index contributed by atoms with van der Waals surface area (Å²) in [5.74, 6) is 0.192. The third kappa shape index (κ3) is 2.42. The predicted octanol–water partition coefficient (Wildman–Crippen LogP) is 1.49. The molecular weight excluding hydrogens is 224 g/mol. The first-order valence-corrected chi connectivity index (χ1v) is 6.53. The number of rotatable bonds is 4. The zero-order valence-electron chi connectivity index (χ0n) is 11.1. The number of nitrogens with zero attached hydrogens (tertiary/aromatic N) is 2. The molecule has 1 heterocycles. The van der Waals surface area contributed by atoms with Crippen LogP contribution in [0.4, 0.5) is 5.69 Å². The molecule has 4 heteroatoms. The van der Waals surface area contributed by atoms with E-state index in [0.29, 0.717) is 6.04 Å². The smallest absolute Gasteiger partial charge is 0.186 e. The van der Waals surface area contributed by atoms with E-state index in [9.17, 15) is 0 Å². The lowest BCUT2D eigenvalue weighted by atomic mass is 10.00. The van der Waals surface area contributed by atoms with Gasteiger partial charge in [-0.25, -0.2) is 4.99 Å². The van der Waals surface area contributed by atoms with Crippen LogP contribution in [0.5, 0.6) is 0 Å². The molecule has 1 aliphatic heterocycles. The number of nitrogens with two attached hydrogens (primary N) is 2. The van der Waals surface area contributed by atoms with Crippen LogP contribution in [0.25, 0.3) is 0 Å². The second-order valence-electron chi connectivity index (χ2n) is 4.92. The first-order chi connectivity index (χ1) is 8.63. The van der Waals surface area contributed by atoms with E-state index in [1.807, 2.05) is 0 Å². The average molecular weight is 246 g/mol. The van der Waals surface area contributed by atoms with E-state index in [4.69, 9.17) is 11.5 Å². The van der Waals surface area contributed by atoms with Gasteiger partial charge in [-0.15, -0.1) is 0 Å². The van der Waals surface area contributed by atoms with E-state index in [2.05, 4.69) is 48.1 Å². The maximum absolute atomic E-state index is 5.55. The fraction of sp³-hybridized carbons (Fsp3) is 0.500. The molecule has 0 saturated carbocycles. The van der Waals surface area contributed by atoms with Gasteiger partial charge in [-0.3, -0.25) is 0 Å². The molecule has 0 aliphatic carbocycles. The Morgan fingerprint density at radius 3 is 2.78 bits per heavy atom. The van der Waals surface area contributed by atoms with Gasteiger partial charge in [0.2, 0.25) is 0 Å². The van der Waals surface area contributed by atoms with E-state index < -0.39 is 0 Å². The first-order valence-electron chi connectivity index (χ1n) is 6.53. The molecule has 18 heavy (non-hydrogen) atoms. The van der Waals surface area contributed by atoms with Crippen molar-refractivity contribution < 1.29 is 0 Å². The number of fused-ring (bicyclic) bond motifs is 1. The molecule has 4 nitrogen and oxygen atoms in total. The highest BCUT2D eigenvalue weighted by atomic mass is 15.2. The molecule has 0 amide bonds. The molecule has 98 valence electrons. The second kappa shape index (κ2) is 5.29. The zero-order valence-corrected chi connectivity index (χ0v) is 11.1. The molecule has 1 aromatic rings.